The summed E-state index contributed by atoms with van der Waals surface area (Å²) in [5, 5.41) is 3.90. The first-order valence-corrected chi connectivity index (χ1v) is 9.40. The van der Waals surface area contributed by atoms with Crippen molar-refractivity contribution >= 4 is 29.0 Å². The van der Waals surface area contributed by atoms with Gasteiger partial charge >= 0.3 is 0 Å². The number of hydrogen-bond donors (Lipinski definition) is 1. The van der Waals surface area contributed by atoms with Crippen LogP contribution >= 0.6 is 11.6 Å². The molecule has 0 saturated carbocycles. The van der Waals surface area contributed by atoms with Gasteiger partial charge in [0.05, 0.1) is 10.7 Å². The number of nitrogens with one attached hydrogen (secondary N) is 1. The smallest absolute Gasteiger partial charge is 0.272 e. The van der Waals surface area contributed by atoms with Gasteiger partial charge < -0.3 is 10.2 Å². The highest BCUT2D eigenvalue weighted by Gasteiger charge is 2.23. The number of halogens is 1. The minimum absolute atomic E-state index is 0.0304. The van der Waals surface area contributed by atoms with Gasteiger partial charge in [-0.25, -0.2) is 9.97 Å². The van der Waals surface area contributed by atoms with Gasteiger partial charge in [-0.3, -0.25) is 4.79 Å². The summed E-state index contributed by atoms with van der Waals surface area (Å²) < 4.78 is 0. The number of aryl methyl sites for hydroxylation is 3. The average molecular weight is 373 g/mol. The number of piperidine rings is 1. The van der Waals surface area contributed by atoms with Crippen molar-refractivity contribution in [1.82, 2.24) is 14.9 Å². The van der Waals surface area contributed by atoms with E-state index in [4.69, 9.17) is 11.6 Å². The lowest BCUT2D eigenvalue weighted by atomic mass is 9.99. The Bertz CT molecular complexity index is 806. The van der Waals surface area contributed by atoms with Gasteiger partial charge in [0, 0.05) is 19.2 Å². The van der Waals surface area contributed by atoms with Gasteiger partial charge in [-0.15, -0.1) is 0 Å². The zero-order chi connectivity index (χ0) is 18.8. The van der Waals surface area contributed by atoms with Crippen molar-refractivity contribution in [2.24, 2.45) is 5.92 Å². The predicted octanol–water partition coefficient (Wildman–Crippen LogP) is 4.67. The van der Waals surface area contributed by atoms with Gasteiger partial charge in [0.15, 0.2) is 0 Å². The van der Waals surface area contributed by atoms with Gasteiger partial charge in [-0.1, -0.05) is 24.6 Å². The Balaban J connectivity index is 1.85. The van der Waals surface area contributed by atoms with Crippen LogP contribution in [0, 0.1) is 26.7 Å². The summed E-state index contributed by atoms with van der Waals surface area (Å²) in [6.07, 6.45) is 2.08. The van der Waals surface area contributed by atoms with Crippen LogP contribution in [-0.4, -0.2) is 33.9 Å². The summed E-state index contributed by atoms with van der Waals surface area (Å²) in [5.41, 5.74) is 3.37. The highest BCUT2D eigenvalue weighted by Crippen LogP contribution is 2.30. The SMILES string of the molecule is Cc1cc(C)c(Nc2cc(C(=O)N3CCC(C)CC3)nc(C)n2)c(Cl)c1. The number of anilines is 2. The molecule has 1 fully saturated rings. The summed E-state index contributed by atoms with van der Waals surface area (Å²) in [6, 6.07) is 5.68. The third kappa shape index (κ3) is 4.15. The van der Waals surface area contributed by atoms with E-state index >= 15 is 0 Å². The molecular formula is C20H25ClN4O. The Morgan fingerprint density at radius 1 is 1.15 bits per heavy atom. The van der Waals surface area contributed by atoms with Gasteiger partial charge in [0.1, 0.15) is 17.3 Å². The molecule has 1 aromatic carbocycles. The van der Waals surface area contributed by atoms with E-state index in [-0.39, 0.29) is 5.91 Å². The van der Waals surface area contributed by atoms with E-state index in [9.17, 15) is 4.79 Å². The fourth-order valence-electron chi connectivity index (χ4n) is 3.32. The minimum atomic E-state index is -0.0304. The van der Waals surface area contributed by atoms with Crippen molar-refractivity contribution in [3.05, 3.63) is 45.9 Å². The molecule has 1 saturated heterocycles. The second-order valence-electron chi connectivity index (χ2n) is 7.22. The Labute approximate surface area is 159 Å². The van der Waals surface area contributed by atoms with E-state index in [1.807, 2.05) is 24.8 Å². The maximum atomic E-state index is 12.8. The number of hydrogen-bond acceptors (Lipinski definition) is 4. The lowest BCUT2D eigenvalue weighted by Gasteiger charge is -2.30. The van der Waals surface area contributed by atoms with Crippen molar-refractivity contribution in [2.45, 2.75) is 40.5 Å². The van der Waals surface area contributed by atoms with Crippen molar-refractivity contribution in [3.63, 3.8) is 0 Å². The highest BCUT2D eigenvalue weighted by atomic mass is 35.5. The van der Waals surface area contributed by atoms with Crippen LogP contribution in [0.4, 0.5) is 11.5 Å². The second kappa shape index (κ2) is 7.62. The van der Waals surface area contributed by atoms with E-state index in [1.54, 1.807) is 13.0 Å². The number of nitrogens with zero attached hydrogens (tertiary/aromatic N) is 3. The predicted molar refractivity (Wildman–Crippen MR) is 105 cm³/mol. The first-order chi connectivity index (χ1) is 12.3. The maximum Gasteiger partial charge on any atom is 0.272 e. The molecule has 2 heterocycles. The van der Waals surface area contributed by atoms with Crippen LogP contribution < -0.4 is 5.32 Å². The molecular weight excluding hydrogens is 348 g/mol. The molecule has 0 aliphatic carbocycles. The van der Waals surface area contributed by atoms with Gasteiger partial charge in [0.2, 0.25) is 0 Å². The number of carbonyl (C=O) groups excluding carboxylic acids is 1. The molecule has 138 valence electrons. The zero-order valence-electron chi connectivity index (χ0n) is 15.8. The quantitative estimate of drug-likeness (QED) is 0.850. The maximum absolute atomic E-state index is 12.8. The lowest BCUT2D eigenvalue weighted by Crippen LogP contribution is -2.38. The molecule has 26 heavy (non-hydrogen) atoms. The molecule has 0 radical (unpaired) electrons. The molecule has 3 rings (SSSR count). The van der Waals surface area contributed by atoms with Crippen LogP contribution in [-0.2, 0) is 0 Å². The average Bonchev–Trinajstić information content (AvgIpc) is 2.57. The van der Waals surface area contributed by atoms with Crippen LogP contribution in [0.15, 0.2) is 18.2 Å². The largest absolute Gasteiger partial charge is 0.339 e. The molecule has 1 N–H and O–H groups in total. The van der Waals surface area contributed by atoms with Gasteiger partial charge in [-0.05, 0) is 56.7 Å². The van der Waals surface area contributed by atoms with E-state index in [0.717, 1.165) is 42.7 Å². The molecule has 6 heteroatoms. The van der Waals surface area contributed by atoms with Crippen LogP contribution in [0.1, 0.15) is 47.2 Å². The fourth-order valence-corrected chi connectivity index (χ4v) is 3.69. The topological polar surface area (TPSA) is 58.1 Å². The van der Waals surface area contributed by atoms with Crippen LogP contribution in [0.2, 0.25) is 5.02 Å². The standard InChI is InChI=1S/C20H25ClN4O/c1-12-5-7-25(8-6-12)20(26)17-11-18(23-15(4)22-17)24-19-14(3)9-13(2)10-16(19)21/h9-12H,5-8H2,1-4H3,(H,22,23,24). The normalized spacial score (nSPS) is 15.2. The number of likely N-dealkylation sites (tertiary alicyclic amines) is 1. The Kier molecular flexibility index (Phi) is 5.47. The molecule has 1 aromatic heterocycles. The van der Waals surface area contributed by atoms with Crippen LogP contribution in [0.3, 0.4) is 0 Å². The van der Waals surface area contributed by atoms with Gasteiger partial charge in [0.25, 0.3) is 5.91 Å². The minimum Gasteiger partial charge on any atom is -0.339 e. The summed E-state index contributed by atoms with van der Waals surface area (Å²) in [5.74, 6) is 1.79. The van der Waals surface area contributed by atoms with Crippen molar-refractivity contribution in [2.75, 3.05) is 18.4 Å². The van der Waals surface area contributed by atoms with E-state index in [0.29, 0.717) is 28.3 Å². The number of rotatable bonds is 3. The lowest BCUT2D eigenvalue weighted by molar-refractivity contribution is 0.0691. The summed E-state index contributed by atoms with van der Waals surface area (Å²) >= 11 is 6.38. The van der Waals surface area contributed by atoms with E-state index in [1.165, 1.54) is 0 Å². The summed E-state index contributed by atoms with van der Waals surface area (Å²) in [7, 11) is 0. The highest BCUT2D eigenvalue weighted by molar-refractivity contribution is 6.33. The first-order valence-electron chi connectivity index (χ1n) is 9.02. The third-order valence-corrected chi connectivity index (χ3v) is 5.11. The van der Waals surface area contributed by atoms with E-state index < -0.39 is 0 Å². The molecule has 1 aliphatic rings. The number of aromatic nitrogens is 2. The monoisotopic (exact) mass is 372 g/mol. The summed E-state index contributed by atoms with van der Waals surface area (Å²) in [4.78, 5) is 23.5. The van der Waals surface area contributed by atoms with Crippen LogP contribution in [0.25, 0.3) is 0 Å². The second-order valence-corrected chi connectivity index (χ2v) is 7.63. The Hall–Kier alpha value is -2.14. The third-order valence-electron chi connectivity index (χ3n) is 4.81. The molecule has 0 atom stereocenters. The number of carbonyl (C=O) groups is 1. The molecule has 0 bridgehead atoms. The van der Waals surface area contributed by atoms with Crippen molar-refractivity contribution in [1.29, 1.82) is 0 Å². The molecule has 2 aromatic rings. The van der Waals surface area contributed by atoms with Gasteiger partial charge in [-0.2, -0.15) is 0 Å². The van der Waals surface area contributed by atoms with E-state index in [2.05, 4.69) is 28.3 Å². The number of amides is 1. The van der Waals surface area contributed by atoms with Crippen LogP contribution in [0.5, 0.6) is 0 Å². The molecule has 1 aliphatic heterocycles. The Morgan fingerprint density at radius 2 is 1.85 bits per heavy atom. The van der Waals surface area contributed by atoms with Crippen molar-refractivity contribution < 1.29 is 4.79 Å². The molecule has 5 nitrogen and oxygen atoms in total. The Morgan fingerprint density at radius 3 is 2.50 bits per heavy atom. The zero-order valence-corrected chi connectivity index (χ0v) is 16.5. The van der Waals surface area contributed by atoms with Crippen molar-refractivity contribution in [3.8, 4) is 0 Å². The molecule has 0 unspecified atom stereocenters. The summed E-state index contributed by atoms with van der Waals surface area (Å²) in [6.45, 7) is 9.60. The molecule has 0 spiro atoms. The number of benzene rings is 1. The molecule has 1 amide bonds. The first kappa shape index (κ1) is 18.6. The fraction of sp³-hybridized carbons (Fsp3) is 0.450.